The maximum absolute atomic E-state index is 11.9. The summed E-state index contributed by atoms with van der Waals surface area (Å²) in [6.45, 7) is 3.78. The Morgan fingerprint density at radius 1 is 1.41 bits per heavy atom. The zero-order valence-electron chi connectivity index (χ0n) is 9.95. The number of hydrogen-bond donors (Lipinski definition) is 1. The minimum Gasteiger partial charge on any atom is -0.331 e. The molecule has 1 N–H and O–H groups in total. The maximum atomic E-state index is 11.9. The zero-order chi connectivity index (χ0) is 12.3. The van der Waals surface area contributed by atoms with Crippen molar-refractivity contribution in [3.8, 4) is 0 Å². The second kappa shape index (κ2) is 5.54. The Hall–Kier alpha value is -1.03. The van der Waals surface area contributed by atoms with E-state index in [4.69, 9.17) is 0 Å². The summed E-state index contributed by atoms with van der Waals surface area (Å²) >= 11 is 3.44. The minimum absolute atomic E-state index is 0.0422. The van der Waals surface area contributed by atoms with Crippen LogP contribution in [0.4, 0.5) is 4.79 Å². The number of urea groups is 1. The van der Waals surface area contributed by atoms with Crippen LogP contribution in [0, 0.1) is 0 Å². The molecule has 1 aromatic carbocycles. The van der Waals surface area contributed by atoms with Gasteiger partial charge in [-0.15, -0.1) is 0 Å². The topological polar surface area (TPSA) is 32.3 Å². The molecule has 1 aromatic rings. The van der Waals surface area contributed by atoms with Gasteiger partial charge in [0, 0.05) is 17.6 Å². The van der Waals surface area contributed by atoms with Gasteiger partial charge in [-0.3, -0.25) is 0 Å². The summed E-state index contributed by atoms with van der Waals surface area (Å²) in [5.41, 5.74) is 1.12. The number of hydrogen-bond acceptors (Lipinski definition) is 1. The summed E-state index contributed by atoms with van der Waals surface area (Å²) in [6.07, 6.45) is 2.25. The van der Waals surface area contributed by atoms with Gasteiger partial charge in [-0.05, 0) is 37.5 Å². The molecule has 1 unspecified atom stereocenters. The first-order chi connectivity index (χ1) is 8.16. The van der Waals surface area contributed by atoms with E-state index in [2.05, 4.69) is 21.2 Å². The van der Waals surface area contributed by atoms with Crippen molar-refractivity contribution in [3.05, 3.63) is 34.3 Å². The highest BCUT2D eigenvalue weighted by molar-refractivity contribution is 9.10. The second-order valence-electron chi connectivity index (χ2n) is 4.42. The van der Waals surface area contributed by atoms with Crippen LogP contribution in [0.2, 0.25) is 0 Å². The van der Waals surface area contributed by atoms with Crippen molar-refractivity contribution in [2.75, 3.05) is 13.1 Å². The van der Waals surface area contributed by atoms with Crippen LogP contribution < -0.4 is 5.32 Å². The van der Waals surface area contributed by atoms with Crippen LogP contribution >= 0.6 is 15.9 Å². The Morgan fingerprint density at radius 3 is 2.76 bits per heavy atom. The third kappa shape index (κ3) is 3.22. The highest BCUT2D eigenvalue weighted by Crippen LogP contribution is 2.18. The summed E-state index contributed by atoms with van der Waals surface area (Å²) in [4.78, 5) is 13.8. The van der Waals surface area contributed by atoms with Gasteiger partial charge in [0.2, 0.25) is 0 Å². The highest BCUT2D eigenvalue weighted by atomic mass is 79.9. The van der Waals surface area contributed by atoms with Gasteiger partial charge in [-0.2, -0.15) is 0 Å². The summed E-state index contributed by atoms with van der Waals surface area (Å²) in [7, 11) is 0. The largest absolute Gasteiger partial charge is 0.331 e. The molecule has 2 amide bonds. The van der Waals surface area contributed by atoms with E-state index in [1.54, 1.807) is 0 Å². The van der Waals surface area contributed by atoms with Crippen LogP contribution in [-0.2, 0) is 0 Å². The fourth-order valence-electron chi connectivity index (χ4n) is 2.06. The van der Waals surface area contributed by atoms with Crippen LogP contribution in [0.15, 0.2) is 28.7 Å². The lowest BCUT2D eigenvalue weighted by Crippen LogP contribution is -2.39. The van der Waals surface area contributed by atoms with Crippen molar-refractivity contribution in [2.45, 2.75) is 25.8 Å². The van der Waals surface area contributed by atoms with Gasteiger partial charge in [-0.25, -0.2) is 4.79 Å². The molecule has 3 nitrogen and oxygen atoms in total. The number of carbonyl (C=O) groups is 1. The van der Waals surface area contributed by atoms with Gasteiger partial charge >= 0.3 is 6.03 Å². The van der Waals surface area contributed by atoms with Gasteiger partial charge in [-0.1, -0.05) is 28.1 Å². The molecule has 0 saturated carbocycles. The molecular formula is C13H17BrN2O. The predicted molar refractivity (Wildman–Crippen MR) is 71.9 cm³/mol. The monoisotopic (exact) mass is 296 g/mol. The van der Waals surface area contributed by atoms with Crippen LogP contribution in [0.5, 0.6) is 0 Å². The molecule has 1 aliphatic heterocycles. The lowest BCUT2D eigenvalue weighted by molar-refractivity contribution is 0.205. The van der Waals surface area contributed by atoms with Crippen molar-refractivity contribution in [3.63, 3.8) is 0 Å². The van der Waals surface area contributed by atoms with E-state index < -0.39 is 0 Å². The number of carbonyl (C=O) groups excluding carboxylic acids is 1. The summed E-state index contributed by atoms with van der Waals surface area (Å²) in [5, 5.41) is 3.03. The van der Waals surface area contributed by atoms with E-state index in [1.165, 1.54) is 0 Å². The first kappa shape index (κ1) is 12.4. The normalized spacial score (nSPS) is 16.9. The Morgan fingerprint density at radius 2 is 2.12 bits per heavy atom. The number of rotatable bonds is 2. The zero-order valence-corrected chi connectivity index (χ0v) is 11.5. The third-order valence-electron chi connectivity index (χ3n) is 3.08. The van der Waals surface area contributed by atoms with Crippen molar-refractivity contribution in [1.29, 1.82) is 0 Å². The molecular weight excluding hydrogens is 280 g/mol. The molecule has 0 bridgehead atoms. The van der Waals surface area contributed by atoms with Crippen molar-refractivity contribution in [2.24, 2.45) is 0 Å². The van der Waals surface area contributed by atoms with Crippen molar-refractivity contribution >= 4 is 22.0 Å². The van der Waals surface area contributed by atoms with E-state index >= 15 is 0 Å². The van der Waals surface area contributed by atoms with Crippen molar-refractivity contribution < 1.29 is 4.79 Å². The molecule has 2 rings (SSSR count). The van der Waals surface area contributed by atoms with Gasteiger partial charge in [0.15, 0.2) is 0 Å². The third-order valence-corrected chi connectivity index (χ3v) is 3.58. The molecule has 17 heavy (non-hydrogen) atoms. The second-order valence-corrected chi connectivity index (χ2v) is 5.34. The SMILES string of the molecule is CC(NC(=O)N1CCCC1)c1cccc(Br)c1. The van der Waals surface area contributed by atoms with Crippen LogP contribution in [0.3, 0.4) is 0 Å². The van der Waals surface area contributed by atoms with Gasteiger partial charge < -0.3 is 10.2 Å². The predicted octanol–water partition coefficient (Wildman–Crippen LogP) is 3.32. The number of amides is 2. The highest BCUT2D eigenvalue weighted by Gasteiger charge is 2.19. The standard InChI is InChI=1S/C13H17BrN2O/c1-10(11-5-4-6-12(14)9-11)15-13(17)16-7-2-3-8-16/h4-6,9-10H,2-3,7-8H2,1H3,(H,15,17). The van der Waals surface area contributed by atoms with E-state index in [0.717, 1.165) is 36.0 Å². The molecule has 1 atom stereocenters. The number of benzene rings is 1. The number of halogens is 1. The number of nitrogens with zero attached hydrogens (tertiary/aromatic N) is 1. The molecule has 1 saturated heterocycles. The number of nitrogens with one attached hydrogen (secondary N) is 1. The molecule has 1 fully saturated rings. The lowest BCUT2D eigenvalue weighted by Gasteiger charge is -2.20. The van der Waals surface area contributed by atoms with Gasteiger partial charge in [0.05, 0.1) is 6.04 Å². The Balaban J connectivity index is 1.96. The molecule has 0 spiro atoms. The minimum atomic E-state index is 0.0422. The number of likely N-dealkylation sites (tertiary alicyclic amines) is 1. The van der Waals surface area contributed by atoms with E-state index in [-0.39, 0.29) is 12.1 Å². The Labute approximate surface area is 110 Å². The first-order valence-electron chi connectivity index (χ1n) is 5.98. The van der Waals surface area contributed by atoms with E-state index in [9.17, 15) is 4.79 Å². The molecule has 0 aliphatic carbocycles. The van der Waals surface area contributed by atoms with Crippen LogP contribution in [-0.4, -0.2) is 24.0 Å². The van der Waals surface area contributed by atoms with Crippen LogP contribution in [0.1, 0.15) is 31.4 Å². The summed E-state index contributed by atoms with van der Waals surface area (Å²) in [5.74, 6) is 0. The quantitative estimate of drug-likeness (QED) is 0.892. The molecule has 4 heteroatoms. The van der Waals surface area contributed by atoms with Crippen LogP contribution in [0.25, 0.3) is 0 Å². The Bertz CT molecular complexity index is 402. The molecule has 1 heterocycles. The average molecular weight is 297 g/mol. The fourth-order valence-corrected chi connectivity index (χ4v) is 2.47. The molecule has 1 aliphatic rings. The van der Waals surface area contributed by atoms with Gasteiger partial charge in [0.25, 0.3) is 0 Å². The molecule has 0 radical (unpaired) electrons. The first-order valence-corrected chi connectivity index (χ1v) is 6.77. The van der Waals surface area contributed by atoms with Crippen molar-refractivity contribution in [1.82, 2.24) is 10.2 Å². The molecule has 92 valence electrons. The smallest absolute Gasteiger partial charge is 0.317 e. The van der Waals surface area contributed by atoms with Gasteiger partial charge in [0.1, 0.15) is 0 Å². The maximum Gasteiger partial charge on any atom is 0.317 e. The van der Waals surface area contributed by atoms with E-state index in [1.807, 2.05) is 36.1 Å². The summed E-state index contributed by atoms with van der Waals surface area (Å²) in [6, 6.07) is 8.13. The molecule has 0 aromatic heterocycles. The fraction of sp³-hybridized carbons (Fsp3) is 0.462. The van der Waals surface area contributed by atoms with E-state index in [0.29, 0.717) is 0 Å². The lowest BCUT2D eigenvalue weighted by atomic mass is 10.1. The average Bonchev–Trinajstić information content (AvgIpc) is 2.82. The Kier molecular flexibility index (Phi) is 4.05. The summed E-state index contributed by atoms with van der Waals surface area (Å²) < 4.78 is 1.04.